The van der Waals surface area contributed by atoms with E-state index >= 15 is 0 Å². The molecule has 0 bridgehead atoms. The monoisotopic (exact) mass is 234 g/mol. The van der Waals surface area contributed by atoms with Crippen molar-refractivity contribution in [2.45, 2.75) is 26.7 Å². The van der Waals surface area contributed by atoms with Gasteiger partial charge in [0.1, 0.15) is 0 Å². The summed E-state index contributed by atoms with van der Waals surface area (Å²) in [5.74, 6) is -0.243. The van der Waals surface area contributed by atoms with Crippen molar-refractivity contribution in [3.8, 4) is 0 Å². The lowest BCUT2D eigenvalue weighted by Gasteiger charge is -2.21. The highest BCUT2D eigenvalue weighted by atomic mass is 16.1. The molecule has 3 N–H and O–H groups in total. The fourth-order valence-corrected chi connectivity index (χ4v) is 1.56. The van der Waals surface area contributed by atoms with Crippen LogP contribution in [-0.4, -0.2) is 19.0 Å². The van der Waals surface area contributed by atoms with Gasteiger partial charge in [0.05, 0.1) is 5.92 Å². The maximum absolute atomic E-state index is 12.0. The van der Waals surface area contributed by atoms with Crippen molar-refractivity contribution in [1.29, 1.82) is 0 Å². The SMILES string of the molecule is CC(C)(C)CNC(=O)C(CN)c1ccccc1. The molecule has 1 unspecified atom stereocenters. The molecular formula is C14H22N2O. The smallest absolute Gasteiger partial charge is 0.228 e. The van der Waals surface area contributed by atoms with Crippen LogP contribution in [0.4, 0.5) is 0 Å². The lowest BCUT2D eigenvalue weighted by Crippen LogP contribution is -2.38. The van der Waals surface area contributed by atoms with Crippen molar-refractivity contribution in [2.24, 2.45) is 11.1 Å². The van der Waals surface area contributed by atoms with Crippen molar-refractivity contribution in [2.75, 3.05) is 13.1 Å². The van der Waals surface area contributed by atoms with Gasteiger partial charge >= 0.3 is 0 Å². The molecule has 0 aliphatic rings. The normalized spacial score (nSPS) is 13.2. The van der Waals surface area contributed by atoms with Crippen LogP contribution in [0.15, 0.2) is 30.3 Å². The Balaban J connectivity index is 2.66. The molecule has 1 aromatic carbocycles. The Hall–Kier alpha value is -1.35. The Morgan fingerprint density at radius 1 is 1.29 bits per heavy atom. The topological polar surface area (TPSA) is 55.1 Å². The molecule has 0 heterocycles. The molecule has 0 aliphatic heterocycles. The first-order chi connectivity index (χ1) is 7.94. The first-order valence-electron chi connectivity index (χ1n) is 5.97. The van der Waals surface area contributed by atoms with Crippen molar-refractivity contribution >= 4 is 5.91 Å². The standard InChI is InChI=1S/C14H22N2O/c1-14(2,3)10-16-13(17)12(9-15)11-7-5-4-6-8-11/h4-8,12H,9-10,15H2,1-3H3,(H,16,17). The summed E-state index contributed by atoms with van der Waals surface area (Å²) >= 11 is 0. The molecule has 3 nitrogen and oxygen atoms in total. The van der Waals surface area contributed by atoms with Gasteiger partial charge in [0.2, 0.25) is 5.91 Å². The summed E-state index contributed by atoms with van der Waals surface area (Å²) in [6, 6.07) is 9.66. The second kappa shape index (κ2) is 5.82. The lowest BCUT2D eigenvalue weighted by atomic mass is 9.95. The van der Waals surface area contributed by atoms with Gasteiger partial charge in [-0.05, 0) is 11.0 Å². The van der Waals surface area contributed by atoms with Crippen LogP contribution < -0.4 is 11.1 Å². The minimum absolute atomic E-state index is 0.00799. The van der Waals surface area contributed by atoms with E-state index in [-0.39, 0.29) is 17.2 Å². The molecule has 1 amide bonds. The van der Waals surface area contributed by atoms with Crippen LogP contribution in [-0.2, 0) is 4.79 Å². The summed E-state index contributed by atoms with van der Waals surface area (Å²) in [6.07, 6.45) is 0. The number of carbonyl (C=O) groups excluding carboxylic acids is 1. The van der Waals surface area contributed by atoms with E-state index in [0.717, 1.165) is 5.56 Å². The Kier molecular flexibility index (Phi) is 4.70. The fraction of sp³-hybridized carbons (Fsp3) is 0.500. The van der Waals surface area contributed by atoms with Crippen molar-refractivity contribution in [1.82, 2.24) is 5.32 Å². The van der Waals surface area contributed by atoms with Gasteiger partial charge in [-0.1, -0.05) is 51.1 Å². The highest BCUT2D eigenvalue weighted by Crippen LogP contribution is 2.16. The van der Waals surface area contributed by atoms with Gasteiger partial charge in [0.25, 0.3) is 0 Å². The maximum Gasteiger partial charge on any atom is 0.228 e. The minimum Gasteiger partial charge on any atom is -0.355 e. The lowest BCUT2D eigenvalue weighted by molar-refractivity contribution is -0.122. The number of benzene rings is 1. The van der Waals surface area contributed by atoms with E-state index in [1.807, 2.05) is 30.3 Å². The van der Waals surface area contributed by atoms with Crippen LogP contribution in [0.25, 0.3) is 0 Å². The first-order valence-corrected chi connectivity index (χ1v) is 5.97. The molecule has 0 saturated carbocycles. The second-order valence-electron chi connectivity index (χ2n) is 5.48. The molecule has 0 spiro atoms. The van der Waals surface area contributed by atoms with E-state index in [4.69, 9.17) is 5.73 Å². The van der Waals surface area contributed by atoms with E-state index in [2.05, 4.69) is 26.1 Å². The molecule has 1 atom stereocenters. The Bertz CT molecular complexity index is 354. The summed E-state index contributed by atoms with van der Waals surface area (Å²) < 4.78 is 0. The third-order valence-electron chi connectivity index (χ3n) is 2.55. The Morgan fingerprint density at radius 3 is 2.35 bits per heavy atom. The number of rotatable bonds is 4. The fourth-order valence-electron chi connectivity index (χ4n) is 1.56. The molecule has 3 heteroatoms. The van der Waals surface area contributed by atoms with E-state index in [9.17, 15) is 4.79 Å². The number of nitrogens with one attached hydrogen (secondary N) is 1. The summed E-state index contributed by atoms with van der Waals surface area (Å²) in [4.78, 5) is 12.0. The molecule has 94 valence electrons. The maximum atomic E-state index is 12.0. The van der Waals surface area contributed by atoms with Crippen LogP contribution in [0.5, 0.6) is 0 Å². The quantitative estimate of drug-likeness (QED) is 0.836. The van der Waals surface area contributed by atoms with Crippen LogP contribution >= 0.6 is 0 Å². The zero-order chi connectivity index (χ0) is 12.9. The van der Waals surface area contributed by atoms with E-state index in [0.29, 0.717) is 13.1 Å². The molecule has 1 aromatic rings. The Morgan fingerprint density at radius 2 is 1.88 bits per heavy atom. The van der Waals surface area contributed by atoms with Gasteiger partial charge in [-0.15, -0.1) is 0 Å². The molecular weight excluding hydrogens is 212 g/mol. The third-order valence-corrected chi connectivity index (χ3v) is 2.55. The van der Waals surface area contributed by atoms with Crippen LogP contribution in [0.1, 0.15) is 32.3 Å². The number of amides is 1. The van der Waals surface area contributed by atoms with Gasteiger partial charge in [-0.3, -0.25) is 4.79 Å². The molecule has 0 saturated heterocycles. The zero-order valence-electron chi connectivity index (χ0n) is 10.9. The van der Waals surface area contributed by atoms with Crippen LogP contribution in [0.2, 0.25) is 0 Å². The molecule has 0 radical (unpaired) electrons. The predicted molar refractivity (Wildman–Crippen MR) is 70.7 cm³/mol. The summed E-state index contributed by atoms with van der Waals surface area (Å²) in [5.41, 5.74) is 6.75. The average Bonchev–Trinajstić information content (AvgIpc) is 2.28. The molecule has 1 rings (SSSR count). The largest absolute Gasteiger partial charge is 0.355 e. The molecule has 0 fully saturated rings. The summed E-state index contributed by atoms with van der Waals surface area (Å²) in [5, 5.41) is 2.95. The highest BCUT2D eigenvalue weighted by Gasteiger charge is 2.20. The number of nitrogens with two attached hydrogens (primary N) is 1. The Labute approximate surface area is 103 Å². The average molecular weight is 234 g/mol. The molecule has 0 aromatic heterocycles. The third kappa shape index (κ3) is 4.57. The minimum atomic E-state index is -0.251. The number of hydrogen-bond donors (Lipinski definition) is 2. The van der Waals surface area contributed by atoms with E-state index < -0.39 is 0 Å². The predicted octanol–water partition coefficient (Wildman–Crippen LogP) is 1.89. The van der Waals surface area contributed by atoms with Crippen molar-refractivity contribution in [3.05, 3.63) is 35.9 Å². The van der Waals surface area contributed by atoms with E-state index in [1.165, 1.54) is 0 Å². The van der Waals surface area contributed by atoms with Crippen LogP contribution in [0, 0.1) is 5.41 Å². The van der Waals surface area contributed by atoms with Gasteiger partial charge in [-0.25, -0.2) is 0 Å². The van der Waals surface area contributed by atoms with Gasteiger partial charge in [0.15, 0.2) is 0 Å². The van der Waals surface area contributed by atoms with Crippen LogP contribution in [0.3, 0.4) is 0 Å². The van der Waals surface area contributed by atoms with Crippen molar-refractivity contribution in [3.63, 3.8) is 0 Å². The van der Waals surface area contributed by atoms with Gasteiger partial charge < -0.3 is 11.1 Å². The van der Waals surface area contributed by atoms with Gasteiger partial charge in [-0.2, -0.15) is 0 Å². The number of carbonyl (C=O) groups is 1. The second-order valence-corrected chi connectivity index (χ2v) is 5.48. The molecule has 17 heavy (non-hydrogen) atoms. The highest BCUT2D eigenvalue weighted by molar-refractivity contribution is 5.83. The first kappa shape index (κ1) is 13.7. The zero-order valence-corrected chi connectivity index (χ0v) is 10.9. The van der Waals surface area contributed by atoms with Crippen molar-refractivity contribution < 1.29 is 4.79 Å². The summed E-state index contributed by atoms with van der Waals surface area (Å²) in [6.45, 7) is 7.27. The van der Waals surface area contributed by atoms with E-state index in [1.54, 1.807) is 0 Å². The molecule has 0 aliphatic carbocycles. The summed E-state index contributed by atoms with van der Waals surface area (Å²) in [7, 11) is 0. The number of hydrogen-bond acceptors (Lipinski definition) is 2. The van der Waals surface area contributed by atoms with Gasteiger partial charge in [0, 0.05) is 13.1 Å².